The van der Waals surface area contributed by atoms with Gasteiger partial charge in [0, 0.05) is 35.1 Å². The molecule has 0 saturated carbocycles. The van der Waals surface area contributed by atoms with Crippen LogP contribution in [0.15, 0.2) is 144 Å². The highest BCUT2D eigenvalue weighted by Crippen LogP contribution is 2.37. The van der Waals surface area contributed by atoms with E-state index in [1.54, 1.807) is 37.6 Å². The van der Waals surface area contributed by atoms with E-state index in [-0.39, 0.29) is 18.0 Å². The maximum absolute atomic E-state index is 13.8. The molecule has 10 nitrogen and oxygen atoms in total. The minimum absolute atomic E-state index is 0.219. The van der Waals surface area contributed by atoms with Gasteiger partial charge in [-0.2, -0.15) is 5.10 Å². The Bertz CT molecular complexity index is 2670. The summed E-state index contributed by atoms with van der Waals surface area (Å²) in [6.07, 6.45) is 9.31. The number of unbranched alkanes of at least 4 members (excludes halogenated alkanes) is 3. The number of hydrogen-bond acceptors (Lipinski definition) is 10. The maximum atomic E-state index is 13.8. The molecule has 1 saturated heterocycles. The molecule has 6 aromatic carbocycles. The van der Waals surface area contributed by atoms with Gasteiger partial charge in [-0.25, -0.2) is 9.59 Å². The summed E-state index contributed by atoms with van der Waals surface area (Å²) in [5, 5.41) is 9.33. The van der Waals surface area contributed by atoms with Gasteiger partial charge < -0.3 is 28.4 Å². The molecule has 68 heavy (non-hydrogen) atoms. The molecule has 6 aromatic rings. The molecule has 1 aliphatic heterocycles. The Morgan fingerprint density at radius 1 is 0.632 bits per heavy atom. The standard InChI is InChI=1S/C58H60N2O8/c1-4-14-41-21-25-44(26-22-41)56(61)67-34-31-42-19-23-43(24-20-42)45-27-29-52(47(35-45)37-59-60-55-50-17-10-8-15-48(50)49-16-9-11-18-51(49)55)68-57(62)46-28-30-53(54(36-46)63-3)66-33-13-7-6-12-32-64-38-58(5-2)39-65-40-58/h8-11,15-30,35-37H,4-7,12-14,31-34,38-40H2,1-3H3/b59-37+. The van der Waals surface area contributed by atoms with Crippen LogP contribution in [-0.2, 0) is 27.1 Å². The predicted octanol–water partition coefficient (Wildman–Crippen LogP) is 12.2. The van der Waals surface area contributed by atoms with Crippen LogP contribution in [0.4, 0.5) is 0 Å². The quantitative estimate of drug-likeness (QED) is 0.0205. The summed E-state index contributed by atoms with van der Waals surface area (Å²) in [5.41, 5.74) is 10.7. The largest absolute Gasteiger partial charge is 0.493 e. The molecule has 0 atom stereocenters. The number of benzene rings is 6. The van der Waals surface area contributed by atoms with E-state index in [0.717, 1.165) is 116 Å². The molecule has 1 heterocycles. The minimum atomic E-state index is -0.558. The average molecular weight is 913 g/mol. The first-order valence-electron chi connectivity index (χ1n) is 23.8. The van der Waals surface area contributed by atoms with Crippen molar-refractivity contribution in [2.24, 2.45) is 15.6 Å². The summed E-state index contributed by atoms with van der Waals surface area (Å²) in [6, 6.07) is 42.7. The van der Waals surface area contributed by atoms with Gasteiger partial charge in [0.2, 0.25) is 0 Å². The van der Waals surface area contributed by atoms with Gasteiger partial charge in [-0.3, -0.25) is 0 Å². The number of ether oxygens (including phenoxy) is 6. The summed E-state index contributed by atoms with van der Waals surface area (Å²) in [4.78, 5) is 26.5. The first-order valence-corrected chi connectivity index (χ1v) is 23.8. The van der Waals surface area contributed by atoms with Gasteiger partial charge in [0.1, 0.15) is 11.5 Å². The average Bonchev–Trinajstić information content (AvgIpc) is 3.68. The second kappa shape index (κ2) is 23.2. The number of fused-ring (bicyclic) bond motifs is 3. The lowest BCUT2D eigenvalue weighted by molar-refractivity contribution is -0.150. The topological polar surface area (TPSA) is 114 Å². The van der Waals surface area contributed by atoms with Crippen molar-refractivity contribution in [3.05, 3.63) is 172 Å². The molecule has 350 valence electrons. The van der Waals surface area contributed by atoms with E-state index in [9.17, 15) is 9.59 Å². The molecule has 8 rings (SSSR count). The van der Waals surface area contributed by atoms with Crippen molar-refractivity contribution < 1.29 is 38.0 Å². The lowest BCUT2D eigenvalue weighted by Crippen LogP contribution is -2.45. The number of aryl methyl sites for hydroxylation is 1. The lowest BCUT2D eigenvalue weighted by atomic mass is 9.84. The number of rotatable bonds is 23. The van der Waals surface area contributed by atoms with Crippen LogP contribution in [0.1, 0.15) is 101 Å². The van der Waals surface area contributed by atoms with E-state index < -0.39 is 5.97 Å². The van der Waals surface area contributed by atoms with Crippen LogP contribution < -0.4 is 14.2 Å². The fraction of sp³-hybridized carbons (Fsp3) is 0.310. The molecular formula is C58H60N2O8. The molecular weight excluding hydrogens is 853 g/mol. The van der Waals surface area contributed by atoms with E-state index in [2.05, 4.69) is 43.2 Å². The Hall–Kier alpha value is -6.88. The van der Waals surface area contributed by atoms with E-state index in [1.165, 1.54) is 5.56 Å². The van der Waals surface area contributed by atoms with Crippen LogP contribution in [0, 0.1) is 5.41 Å². The Kier molecular flexibility index (Phi) is 16.3. The van der Waals surface area contributed by atoms with Crippen molar-refractivity contribution in [2.75, 3.05) is 46.8 Å². The van der Waals surface area contributed by atoms with E-state index in [1.807, 2.05) is 84.9 Å². The summed E-state index contributed by atoms with van der Waals surface area (Å²) >= 11 is 0. The fourth-order valence-corrected chi connectivity index (χ4v) is 8.46. The summed E-state index contributed by atoms with van der Waals surface area (Å²) in [6.45, 7) is 8.27. The highest BCUT2D eigenvalue weighted by molar-refractivity contribution is 6.24. The summed E-state index contributed by atoms with van der Waals surface area (Å²) in [5.74, 6) is 0.441. The van der Waals surface area contributed by atoms with E-state index in [4.69, 9.17) is 33.5 Å². The zero-order chi connectivity index (χ0) is 47.1. The molecule has 0 bridgehead atoms. The Morgan fingerprint density at radius 3 is 1.93 bits per heavy atom. The van der Waals surface area contributed by atoms with Crippen LogP contribution in [0.25, 0.3) is 22.3 Å². The number of carbonyl (C=O) groups excluding carboxylic acids is 2. The summed E-state index contributed by atoms with van der Waals surface area (Å²) in [7, 11) is 1.56. The van der Waals surface area contributed by atoms with Crippen molar-refractivity contribution in [1.82, 2.24) is 0 Å². The normalized spacial score (nSPS) is 13.4. The molecule has 0 spiro atoms. The molecule has 0 amide bonds. The van der Waals surface area contributed by atoms with Crippen LogP contribution in [0.3, 0.4) is 0 Å². The highest BCUT2D eigenvalue weighted by Gasteiger charge is 2.37. The zero-order valence-corrected chi connectivity index (χ0v) is 39.3. The minimum Gasteiger partial charge on any atom is -0.493 e. The second-order valence-electron chi connectivity index (χ2n) is 17.5. The van der Waals surface area contributed by atoms with Crippen molar-refractivity contribution in [1.29, 1.82) is 0 Å². The summed E-state index contributed by atoms with van der Waals surface area (Å²) < 4.78 is 34.7. The Labute approximate surface area is 399 Å². The monoisotopic (exact) mass is 912 g/mol. The van der Waals surface area contributed by atoms with Crippen LogP contribution >= 0.6 is 0 Å². The number of esters is 2. The van der Waals surface area contributed by atoms with E-state index in [0.29, 0.717) is 47.0 Å². The Morgan fingerprint density at radius 2 is 1.26 bits per heavy atom. The zero-order valence-electron chi connectivity index (χ0n) is 39.3. The SMILES string of the molecule is CCCc1ccc(C(=O)OCCc2ccc(-c3ccc(OC(=O)c4ccc(OCCCCCCOCC5(CC)COC5)c(OC)c4)c(/C=N/N=C4c5ccccc5-c5ccccc54)c3)cc2)cc1. The molecule has 10 heteroatoms. The predicted molar refractivity (Wildman–Crippen MR) is 268 cm³/mol. The molecule has 1 aliphatic carbocycles. The first kappa shape index (κ1) is 47.6. The van der Waals surface area contributed by atoms with Gasteiger partial charge in [-0.1, -0.05) is 118 Å². The third-order valence-electron chi connectivity index (χ3n) is 12.7. The van der Waals surface area contributed by atoms with Gasteiger partial charge >= 0.3 is 11.9 Å². The van der Waals surface area contributed by atoms with Gasteiger partial charge in [0.15, 0.2) is 11.5 Å². The first-order chi connectivity index (χ1) is 33.4. The smallest absolute Gasteiger partial charge is 0.343 e. The molecule has 0 N–H and O–H groups in total. The highest BCUT2D eigenvalue weighted by atomic mass is 16.5. The maximum Gasteiger partial charge on any atom is 0.343 e. The van der Waals surface area contributed by atoms with Gasteiger partial charge in [-0.05, 0) is 108 Å². The fourth-order valence-electron chi connectivity index (χ4n) is 8.46. The number of methoxy groups -OCH3 is 1. The third-order valence-corrected chi connectivity index (χ3v) is 12.7. The van der Waals surface area contributed by atoms with E-state index >= 15 is 0 Å². The second-order valence-corrected chi connectivity index (χ2v) is 17.5. The molecule has 0 radical (unpaired) electrons. The van der Waals surface area contributed by atoms with Crippen molar-refractivity contribution in [2.45, 2.75) is 65.2 Å². The molecule has 0 unspecified atom stereocenters. The van der Waals surface area contributed by atoms with Crippen molar-refractivity contribution in [3.8, 4) is 39.5 Å². The van der Waals surface area contributed by atoms with Gasteiger partial charge in [0.25, 0.3) is 0 Å². The Balaban J connectivity index is 0.927. The van der Waals surface area contributed by atoms with Crippen LogP contribution in [-0.4, -0.2) is 70.6 Å². The number of nitrogens with zero attached hydrogens (tertiary/aromatic N) is 2. The van der Waals surface area contributed by atoms with Crippen LogP contribution in [0.2, 0.25) is 0 Å². The number of carbonyl (C=O) groups is 2. The van der Waals surface area contributed by atoms with Gasteiger partial charge in [-0.15, -0.1) is 5.10 Å². The lowest BCUT2D eigenvalue weighted by Gasteiger charge is -2.40. The van der Waals surface area contributed by atoms with Gasteiger partial charge in [0.05, 0.1) is 57.5 Å². The number of hydrogen-bond donors (Lipinski definition) is 0. The van der Waals surface area contributed by atoms with Crippen molar-refractivity contribution in [3.63, 3.8) is 0 Å². The molecule has 1 fully saturated rings. The van der Waals surface area contributed by atoms with Crippen LogP contribution in [0.5, 0.6) is 17.2 Å². The molecule has 0 aromatic heterocycles. The molecule has 2 aliphatic rings. The third kappa shape index (κ3) is 11.8. The van der Waals surface area contributed by atoms with Crippen molar-refractivity contribution >= 4 is 23.9 Å².